The van der Waals surface area contributed by atoms with Crippen molar-refractivity contribution in [1.29, 1.82) is 0 Å². The van der Waals surface area contributed by atoms with E-state index in [0.29, 0.717) is 0 Å². The van der Waals surface area contributed by atoms with Gasteiger partial charge in [0.15, 0.2) is 0 Å². The van der Waals surface area contributed by atoms with Crippen molar-refractivity contribution >= 4 is 0 Å². The Bertz CT molecular complexity index is 592. The number of rotatable bonds is 6. The molecule has 2 N–H and O–H groups in total. The van der Waals surface area contributed by atoms with E-state index in [1.165, 1.54) is 23.4 Å². The standard InChI is InChI=1S/C14H17F2N3O2/c1-10(4-5-20)14(21,7-19-9-17-8-18-19)12-3-2-11(15)6-13(12)16/h2-3,6,8-10,20-21H,4-5,7H2,1H3. The van der Waals surface area contributed by atoms with Crippen molar-refractivity contribution in [3.05, 3.63) is 48.1 Å². The molecule has 0 radical (unpaired) electrons. The predicted molar refractivity (Wildman–Crippen MR) is 71.1 cm³/mol. The number of nitrogens with zero attached hydrogens (tertiary/aromatic N) is 3. The van der Waals surface area contributed by atoms with Gasteiger partial charge in [0.2, 0.25) is 0 Å². The van der Waals surface area contributed by atoms with Gasteiger partial charge >= 0.3 is 0 Å². The molecule has 0 aliphatic rings. The Morgan fingerprint density at radius 2 is 2.14 bits per heavy atom. The van der Waals surface area contributed by atoms with Crippen LogP contribution >= 0.6 is 0 Å². The fourth-order valence-electron chi connectivity index (χ4n) is 2.34. The average Bonchev–Trinajstić information content (AvgIpc) is 2.91. The maximum atomic E-state index is 14.1. The summed E-state index contributed by atoms with van der Waals surface area (Å²) in [5.74, 6) is -2.01. The van der Waals surface area contributed by atoms with Gasteiger partial charge in [-0.25, -0.2) is 18.4 Å². The lowest BCUT2D eigenvalue weighted by Gasteiger charge is -2.34. The second kappa shape index (κ2) is 6.28. The molecule has 114 valence electrons. The molecule has 0 aliphatic heterocycles. The van der Waals surface area contributed by atoms with E-state index in [1.807, 2.05) is 0 Å². The highest BCUT2D eigenvalue weighted by molar-refractivity contribution is 5.26. The van der Waals surface area contributed by atoms with Crippen molar-refractivity contribution in [2.75, 3.05) is 6.61 Å². The van der Waals surface area contributed by atoms with Gasteiger partial charge in [0, 0.05) is 18.2 Å². The van der Waals surface area contributed by atoms with Crippen molar-refractivity contribution in [1.82, 2.24) is 14.8 Å². The molecule has 2 aromatic rings. The summed E-state index contributed by atoms with van der Waals surface area (Å²) >= 11 is 0. The minimum atomic E-state index is -1.63. The smallest absolute Gasteiger partial charge is 0.137 e. The number of hydrogen-bond donors (Lipinski definition) is 2. The maximum absolute atomic E-state index is 14.1. The first-order chi connectivity index (χ1) is 9.97. The number of benzene rings is 1. The van der Waals surface area contributed by atoms with Gasteiger partial charge < -0.3 is 10.2 Å². The first kappa shape index (κ1) is 15.5. The van der Waals surface area contributed by atoms with Gasteiger partial charge in [-0.1, -0.05) is 13.0 Å². The zero-order valence-corrected chi connectivity index (χ0v) is 11.6. The molecule has 2 unspecified atom stereocenters. The van der Waals surface area contributed by atoms with Crippen molar-refractivity contribution in [2.24, 2.45) is 5.92 Å². The van der Waals surface area contributed by atoms with Crippen LogP contribution in [0.25, 0.3) is 0 Å². The lowest BCUT2D eigenvalue weighted by molar-refractivity contribution is -0.0462. The molecule has 2 atom stereocenters. The minimum absolute atomic E-state index is 0.0275. The van der Waals surface area contributed by atoms with E-state index in [4.69, 9.17) is 5.11 Å². The van der Waals surface area contributed by atoms with E-state index < -0.39 is 23.2 Å². The Labute approximate surface area is 120 Å². The molecule has 0 bridgehead atoms. The lowest BCUT2D eigenvalue weighted by atomic mass is 9.80. The number of aromatic nitrogens is 3. The molecule has 1 aromatic heterocycles. The van der Waals surface area contributed by atoms with Gasteiger partial charge in [-0.2, -0.15) is 5.10 Å². The molecule has 1 aromatic carbocycles. The fourth-order valence-corrected chi connectivity index (χ4v) is 2.34. The normalized spacial score (nSPS) is 15.7. The molecule has 21 heavy (non-hydrogen) atoms. The predicted octanol–water partition coefficient (Wildman–Crippen LogP) is 1.46. The Hall–Kier alpha value is -1.86. The van der Waals surface area contributed by atoms with Gasteiger partial charge in [-0.3, -0.25) is 0 Å². The SMILES string of the molecule is CC(CCO)C(O)(Cn1cncn1)c1ccc(F)cc1F. The molecule has 7 heteroatoms. The van der Waals surface area contributed by atoms with Crippen LogP contribution in [0.15, 0.2) is 30.9 Å². The van der Waals surface area contributed by atoms with Gasteiger partial charge in [0.1, 0.15) is 29.9 Å². The summed E-state index contributed by atoms with van der Waals surface area (Å²) in [5.41, 5.74) is -1.66. The summed E-state index contributed by atoms with van der Waals surface area (Å²) in [6.07, 6.45) is 2.97. The molecule has 0 amide bonds. The van der Waals surface area contributed by atoms with Crippen LogP contribution < -0.4 is 0 Å². The highest BCUT2D eigenvalue weighted by Crippen LogP contribution is 2.35. The van der Waals surface area contributed by atoms with Crippen LogP contribution in [0.2, 0.25) is 0 Å². The molecular weight excluding hydrogens is 280 g/mol. The van der Waals surface area contributed by atoms with E-state index in [9.17, 15) is 13.9 Å². The number of halogens is 2. The summed E-state index contributed by atoms with van der Waals surface area (Å²) in [5, 5.41) is 24.0. The molecule has 5 nitrogen and oxygen atoms in total. The quantitative estimate of drug-likeness (QED) is 0.847. The lowest BCUT2D eigenvalue weighted by Crippen LogP contribution is -2.39. The van der Waals surface area contributed by atoms with Crippen LogP contribution in [0.1, 0.15) is 18.9 Å². The molecule has 0 saturated carbocycles. The number of aliphatic hydroxyl groups excluding tert-OH is 1. The summed E-state index contributed by atoms with van der Waals surface area (Å²) < 4.78 is 28.5. The van der Waals surface area contributed by atoms with Crippen LogP contribution in [0, 0.1) is 17.6 Å². The monoisotopic (exact) mass is 297 g/mol. The molecule has 1 heterocycles. The van der Waals surface area contributed by atoms with Crippen LogP contribution in [-0.2, 0) is 12.1 Å². The fraction of sp³-hybridized carbons (Fsp3) is 0.429. The second-order valence-electron chi connectivity index (χ2n) is 5.05. The van der Waals surface area contributed by atoms with Crippen molar-refractivity contribution in [3.63, 3.8) is 0 Å². The van der Waals surface area contributed by atoms with E-state index in [-0.39, 0.29) is 25.1 Å². The molecular formula is C14H17F2N3O2. The van der Waals surface area contributed by atoms with E-state index in [0.717, 1.165) is 12.1 Å². The van der Waals surface area contributed by atoms with E-state index in [2.05, 4.69) is 10.1 Å². The van der Waals surface area contributed by atoms with Gasteiger partial charge in [0.25, 0.3) is 0 Å². The van der Waals surface area contributed by atoms with Crippen LogP contribution in [-0.4, -0.2) is 31.6 Å². The third kappa shape index (κ3) is 3.25. The van der Waals surface area contributed by atoms with Crippen molar-refractivity contribution in [2.45, 2.75) is 25.5 Å². The average molecular weight is 297 g/mol. The van der Waals surface area contributed by atoms with Gasteiger partial charge in [-0.15, -0.1) is 0 Å². The van der Waals surface area contributed by atoms with Crippen LogP contribution in [0.4, 0.5) is 8.78 Å². The maximum Gasteiger partial charge on any atom is 0.137 e. The first-order valence-corrected chi connectivity index (χ1v) is 6.58. The van der Waals surface area contributed by atoms with Crippen LogP contribution in [0.3, 0.4) is 0 Å². The molecule has 0 fully saturated rings. The summed E-state index contributed by atoms with van der Waals surface area (Å²) in [4.78, 5) is 3.78. The number of hydrogen-bond acceptors (Lipinski definition) is 4. The molecule has 0 saturated heterocycles. The zero-order valence-electron chi connectivity index (χ0n) is 11.6. The minimum Gasteiger partial charge on any atom is -0.396 e. The Morgan fingerprint density at radius 3 is 2.71 bits per heavy atom. The van der Waals surface area contributed by atoms with Crippen molar-refractivity contribution in [3.8, 4) is 0 Å². The van der Waals surface area contributed by atoms with E-state index in [1.54, 1.807) is 6.92 Å². The topological polar surface area (TPSA) is 71.2 Å². The molecule has 0 spiro atoms. The van der Waals surface area contributed by atoms with E-state index >= 15 is 0 Å². The summed E-state index contributed by atoms with van der Waals surface area (Å²) in [7, 11) is 0. The Kier molecular flexibility index (Phi) is 4.64. The largest absolute Gasteiger partial charge is 0.396 e. The molecule has 2 rings (SSSR count). The second-order valence-corrected chi connectivity index (χ2v) is 5.05. The van der Waals surface area contributed by atoms with Crippen LogP contribution in [0.5, 0.6) is 0 Å². The Balaban J connectivity index is 2.43. The highest BCUT2D eigenvalue weighted by Gasteiger charge is 2.38. The highest BCUT2D eigenvalue weighted by atomic mass is 19.1. The first-order valence-electron chi connectivity index (χ1n) is 6.58. The summed E-state index contributed by atoms with van der Waals surface area (Å²) in [6.45, 7) is 1.50. The van der Waals surface area contributed by atoms with Crippen molar-refractivity contribution < 1.29 is 19.0 Å². The number of aliphatic hydroxyl groups is 2. The zero-order chi connectivity index (χ0) is 15.5. The third-order valence-electron chi connectivity index (χ3n) is 3.64. The summed E-state index contributed by atoms with van der Waals surface area (Å²) in [6, 6.07) is 3.04. The third-order valence-corrected chi connectivity index (χ3v) is 3.64. The van der Waals surface area contributed by atoms with Gasteiger partial charge in [-0.05, 0) is 18.4 Å². The molecule has 0 aliphatic carbocycles. The van der Waals surface area contributed by atoms with Gasteiger partial charge in [0.05, 0.1) is 6.54 Å². The Morgan fingerprint density at radius 1 is 1.38 bits per heavy atom.